The standard InChI is InChI=1S/C21H19Cl2N3O2S2/c1-2-4-19(27)24-14-5-3-6-15(10-14)29-12-20(28)26-21-25-18(11-30-21)13-7-8-16(22)17(23)9-13/h3,5-11H,2,4,12H2,1H3,(H,24,27)(H,25,26,28). The molecule has 5 nitrogen and oxygen atoms in total. The highest BCUT2D eigenvalue weighted by atomic mass is 35.5. The van der Waals surface area contributed by atoms with Gasteiger partial charge >= 0.3 is 0 Å². The monoisotopic (exact) mass is 479 g/mol. The van der Waals surface area contributed by atoms with Gasteiger partial charge in [-0.1, -0.05) is 42.3 Å². The molecule has 2 N–H and O–H groups in total. The van der Waals surface area contributed by atoms with E-state index in [4.69, 9.17) is 23.2 Å². The van der Waals surface area contributed by atoms with Crippen LogP contribution in [0.15, 0.2) is 52.7 Å². The fraction of sp³-hybridized carbons (Fsp3) is 0.190. The first-order valence-electron chi connectivity index (χ1n) is 9.18. The van der Waals surface area contributed by atoms with Gasteiger partial charge < -0.3 is 10.6 Å². The molecular formula is C21H19Cl2N3O2S2. The Hall–Kier alpha value is -2.06. The van der Waals surface area contributed by atoms with Gasteiger partial charge in [0.05, 0.1) is 21.5 Å². The highest BCUT2D eigenvalue weighted by molar-refractivity contribution is 8.00. The van der Waals surface area contributed by atoms with Crippen molar-refractivity contribution in [2.45, 2.75) is 24.7 Å². The van der Waals surface area contributed by atoms with Gasteiger partial charge in [-0.3, -0.25) is 9.59 Å². The third kappa shape index (κ3) is 6.47. The van der Waals surface area contributed by atoms with Crippen molar-refractivity contribution < 1.29 is 9.59 Å². The van der Waals surface area contributed by atoms with Crippen molar-refractivity contribution in [2.75, 3.05) is 16.4 Å². The van der Waals surface area contributed by atoms with Crippen molar-refractivity contribution in [1.29, 1.82) is 0 Å². The van der Waals surface area contributed by atoms with Crippen LogP contribution in [0.4, 0.5) is 10.8 Å². The van der Waals surface area contributed by atoms with E-state index in [1.807, 2.05) is 42.6 Å². The third-order valence-corrected chi connectivity index (χ3v) is 6.42. The largest absolute Gasteiger partial charge is 0.326 e. The zero-order valence-electron chi connectivity index (χ0n) is 16.1. The Morgan fingerprint density at radius 1 is 1.07 bits per heavy atom. The smallest absolute Gasteiger partial charge is 0.236 e. The fourth-order valence-electron chi connectivity index (χ4n) is 2.54. The predicted molar refractivity (Wildman–Crippen MR) is 127 cm³/mol. The van der Waals surface area contributed by atoms with Crippen molar-refractivity contribution in [2.24, 2.45) is 0 Å². The number of hydrogen-bond acceptors (Lipinski definition) is 5. The average molecular weight is 480 g/mol. The molecule has 1 heterocycles. The molecule has 0 aliphatic carbocycles. The lowest BCUT2D eigenvalue weighted by atomic mass is 10.2. The minimum absolute atomic E-state index is 0.0149. The van der Waals surface area contributed by atoms with Gasteiger partial charge in [0, 0.05) is 27.9 Å². The number of benzene rings is 2. The number of rotatable bonds is 8. The molecule has 2 aromatic carbocycles. The summed E-state index contributed by atoms with van der Waals surface area (Å²) < 4.78 is 0. The highest BCUT2D eigenvalue weighted by Crippen LogP contribution is 2.30. The summed E-state index contributed by atoms with van der Waals surface area (Å²) in [4.78, 5) is 29.4. The van der Waals surface area contributed by atoms with Gasteiger partial charge in [0.1, 0.15) is 0 Å². The highest BCUT2D eigenvalue weighted by Gasteiger charge is 2.10. The third-order valence-electron chi connectivity index (χ3n) is 3.93. The van der Waals surface area contributed by atoms with E-state index >= 15 is 0 Å². The van der Waals surface area contributed by atoms with Crippen LogP contribution in [-0.4, -0.2) is 22.6 Å². The van der Waals surface area contributed by atoms with Gasteiger partial charge in [-0.15, -0.1) is 23.1 Å². The zero-order valence-corrected chi connectivity index (χ0v) is 19.2. The van der Waals surface area contributed by atoms with Crippen molar-refractivity contribution in [1.82, 2.24) is 4.98 Å². The van der Waals surface area contributed by atoms with E-state index < -0.39 is 0 Å². The number of carbonyl (C=O) groups is 2. The summed E-state index contributed by atoms with van der Waals surface area (Å²) in [5.74, 6) is 0.0584. The van der Waals surface area contributed by atoms with Gasteiger partial charge in [0.15, 0.2) is 5.13 Å². The summed E-state index contributed by atoms with van der Waals surface area (Å²) in [6.07, 6.45) is 1.28. The molecule has 2 amide bonds. The van der Waals surface area contributed by atoms with Gasteiger partial charge in [-0.25, -0.2) is 4.98 Å². The molecule has 0 spiro atoms. The van der Waals surface area contributed by atoms with E-state index in [1.165, 1.54) is 23.1 Å². The molecule has 0 saturated heterocycles. The molecule has 0 bridgehead atoms. The van der Waals surface area contributed by atoms with Crippen molar-refractivity contribution in [3.05, 3.63) is 57.9 Å². The normalized spacial score (nSPS) is 10.6. The number of aromatic nitrogens is 1. The summed E-state index contributed by atoms with van der Waals surface area (Å²) in [7, 11) is 0. The molecule has 3 rings (SSSR count). The van der Waals surface area contributed by atoms with Crippen LogP contribution in [0.1, 0.15) is 19.8 Å². The van der Waals surface area contributed by atoms with Gasteiger partial charge in [-0.2, -0.15) is 0 Å². The molecule has 30 heavy (non-hydrogen) atoms. The van der Waals surface area contributed by atoms with Gasteiger partial charge in [0.25, 0.3) is 0 Å². The molecule has 0 saturated carbocycles. The van der Waals surface area contributed by atoms with Crippen LogP contribution in [0.25, 0.3) is 11.3 Å². The molecule has 0 fully saturated rings. The van der Waals surface area contributed by atoms with Crippen LogP contribution in [0.2, 0.25) is 10.0 Å². The molecule has 1 aromatic heterocycles. The first kappa shape index (κ1) is 22.6. The van der Waals surface area contributed by atoms with E-state index in [9.17, 15) is 9.59 Å². The van der Waals surface area contributed by atoms with Gasteiger partial charge in [-0.05, 0) is 36.8 Å². The maximum Gasteiger partial charge on any atom is 0.236 e. The fourth-order valence-corrected chi connectivity index (χ4v) is 4.33. The number of nitrogens with one attached hydrogen (secondary N) is 2. The minimum Gasteiger partial charge on any atom is -0.326 e. The summed E-state index contributed by atoms with van der Waals surface area (Å²) in [6.45, 7) is 1.96. The van der Waals surface area contributed by atoms with Crippen LogP contribution in [0.3, 0.4) is 0 Å². The molecule has 0 unspecified atom stereocenters. The molecule has 0 radical (unpaired) electrons. The number of nitrogens with zero attached hydrogens (tertiary/aromatic N) is 1. The second-order valence-electron chi connectivity index (χ2n) is 6.33. The lowest BCUT2D eigenvalue weighted by molar-refractivity contribution is -0.116. The van der Waals surface area contributed by atoms with Crippen molar-refractivity contribution in [3.8, 4) is 11.3 Å². The van der Waals surface area contributed by atoms with E-state index in [1.54, 1.807) is 12.1 Å². The molecule has 0 aliphatic heterocycles. The predicted octanol–water partition coefficient (Wildman–Crippen LogP) is 6.59. The zero-order chi connectivity index (χ0) is 21.5. The van der Waals surface area contributed by atoms with Gasteiger partial charge in [0.2, 0.25) is 11.8 Å². The number of hydrogen-bond donors (Lipinski definition) is 2. The Labute approximate surface area is 193 Å². The molecular weight excluding hydrogens is 461 g/mol. The number of thioether (sulfide) groups is 1. The Morgan fingerprint density at radius 3 is 2.67 bits per heavy atom. The first-order chi connectivity index (χ1) is 14.4. The number of carbonyl (C=O) groups excluding carboxylic acids is 2. The number of anilines is 2. The maximum absolute atomic E-state index is 12.3. The number of halogens is 2. The van der Waals surface area contributed by atoms with Crippen LogP contribution in [0, 0.1) is 0 Å². The molecule has 0 atom stereocenters. The molecule has 156 valence electrons. The average Bonchev–Trinajstić information content (AvgIpc) is 3.17. The second kappa shape index (κ2) is 10.8. The number of thiazole rings is 1. The molecule has 3 aromatic rings. The second-order valence-corrected chi connectivity index (χ2v) is 9.05. The van der Waals surface area contributed by atoms with Crippen molar-refractivity contribution >= 4 is 68.9 Å². The maximum atomic E-state index is 12.3. The summed E-state index contributed by atoms with van der Waals surface area (Å²) in [5, 5.41) is 8.97. The summed E-state index contributed by atoms with van der Waals surface area (Å²) in [5.41, 5.74) is 2.28. The Bertz CT molecular complexity index is 1060. The Balaban J connectivity index is 1.54. The minimum atomic E-state index is -0.157. The molecule has 9 heteroatoms. The summed E-state index contributed by atoms with van der Waals surface area (Å²) >= 11 is 14.7. The van der Waals surface area contributed by atoms with Crippen LogP contribution >= 0.6 is 46.3 Å². The lowest BCUT2D eigenvalue weighted by Crippen LogP contribution is -2.14. The Kier molecular flexibility index (Phi) is 8.16. The topological polar surface area (TPSA) is 71.1 Å². The first-order valence-corrected chi connectivity index (χ1v) is 11.8. The van der Waals surface area contributed by atoms with E-state index in [2.05, 4.69) is 15.6 Å². The quantitative estimate of drug-likeness (QED) is 0.357. The van der Waals surface area contributed by atoms with Crippen LogP contribution < -0.4 is 10.6 Å². The van der Waals surface area contributed by atoms with Crippen LogP contribution in [-0.2, 0) is 9.59 Å². The number of amides is 2. The van der Waals surface area contributed by atoms with Crippen molar-refractivity contribution in [3.63, 3.8) is 0 Å². The Morgan fingerprint density at radius 2 is 1.90 bits per heavy atom. The van der Waals surface area contributed by atoms with E-state index in [0.717, 1.165) is 28.3 Å². The van der Waals surface area contributed by atoms with E-state index in [-0.39, 0.29) is 17.6 Å². The van der Waals surface area contributed by atoms with E-state index in [0.29, 0.717) is 21.6 Å². The SMILES string of the molecule is CCCC(=O)Nc1cccc(SCC(=O)Nc2nc(-c3ccc(Cl)c(Cl)c3)cs2)c1. The molecule has 0 aliphatic rings. The summed E-state index contributed by atoms with van der Waals surface area (Å²) in [6, 6.07) is 12.7. The lowest BCUT2D eigenvalue weighted by Gasteiger charge is -2.07. The van der Waals surface area contributed by atoms with Crippen LogP contribution in [0.5, 0.6) is 0 Å².